The predicted octanol–water partition coefficient (Wildman–Crippen LogP) is 2.58. The molecule has 3 heterocycles. The van der Waals surface area contributed by atoms with Crippen LogP contribution in [0.1, 0.15) is 43.2 Å². The summed E-state index contributed by atoms with van der Waals surface area (Å²) in [6.07, 6.45) is 2.85. The summed E-state index contributed by atoms with van der Waals surface area (Å²) < 4.78 is 11.8. The smallest absolute Gasteiger partial charge is 0.289 e. The van der Waals surface area contributed by atoms with Crippen molar-refractivity contribution in [3.05, 3.63) is 22.6 Å². The lowest BCUT2D eigenvalue weighted by molar-refractivity contribution is -0.170. The number of aliphatic hydroxyl groups is 1. The fourth-order valence-electron chi connectivity index (χ4n) is 3.34. The van der Waals surface area contributed by atoms with Crippen molar-refractivity contribution in [3.8, 4) is 0 Å². The lowest BCUT2D eigenvalue weighted by atomic mass is 9.78. The van der Waals surface area contributed by atoms with Crippen LogP contribution in [0.2, 0.25) is 0 Å². The zero-order valence-electron chi connectivity index (χ0n) is 12.1. The van der Waals surface area contributed by atoms with Crippen molar-refractivity contribution in [1.29, 1.82) is 0 Å². The maximum Gasteiger partial charge on any atom is 0.289 e. The molecule has 6 heteroatoms. The second-order valence-electron chi connectivity index (χ2n) is 6.35. The minimum absolute atomic E-state index is 0.0851. The monoisotopic (exact) mass is 357 g/mol. The van der Waals surface area contributed by atoms with Crippen LogP contribution in [0, 0.1) is 0 Å². The van der Waals surface area contributed by atoms with Gasteiger partial charge in [0.1, 0.15) is 0 Å². The molecule has 1 N–H and O–H groups in total. The normalized spacial score (nSPS) is 28.8. The lowest BCUT2D eigenvalue weighted by Crippen LogP contribution is -2.54. The van der Waals surface area contributed by atoms with Crippen molar-refractivity contribution in [3.63, 3.8) is 0 Å². The van der Waals surface area contributed by atoms with Gasteiger partial charge >= 0.3 is 0 Å². The zero-order valence-corrected chi connectivity index (χ0v) is 13.7. The van der Waals surface area contributed by atoms with Gasteiger partial charge in [-0.15, -0.1) is 0 Å². The largest absolute Gasteiger partial charge is 0.444 e. The summed E-state index contributed by atoms with van der Waals surface area (Å²) in [6, 6.07) is 3.40. The number of nitrogens with zero attached hydrogens (tertiary/aromatic N) is 1. The topological polar surface area (TPSA) is 62.9 Å². The van der Waals surface area contributed by atoms with Crippen molar-refractivity contribution in [1.82, 2.24) is 4.90 Å². The van der Waals surface area contributed by atoms with Gasteiger partial charge in [-0.3, -0.25) is 4.79 Å². The quantitative estimate of drug-likeness (QED) is 0.838. The van der Waals surface area contributed by atoms with E-state index in [1.54, 1.807) is 17.0 Å². The highest BCUT2D eigenvalue weighted by Crippen LogP contribution is 2.39. The Morgan fingerprint density at radius 1 is 1.33 bits per heavy atom. The standard InChI is InChI=1S/C15H20BrNO4/c1-14(19)6-9-20-15(10-14)4-7-17(8-5-15)13(18)11-2-3-12(16)21-11/h2-3,19H,4-10H2,1H3. The van der Waals surface area contributed by atoms with Crippen LogP contribution in [0.4, 0.5) is 0 Å². The maximum atomic E-state index is 12.3. The molecule has 116 valence electrons. The van der Waals surface area contributed by atoms with Crippen LogP contribution in [0.25, 0.3) is 0 Å². The third-order valence-electron chi connectivity index (χ3n) is 4.50. The van der Waals surface area contributed by atoms with E-state index in [1.807, 2.05) is 6.92 Å². The van der Waals surface area contributed by atoms with Gasteiger partial charge in [0.2, 0.25) is 0 Å². The second-order valence-corrected chi connectivity index (χ2v) is 7.13. The number of piperidine rings is 1. The fraction of sp³-hybridized carbons (Fsp3) is 0.667. The first kappa shape index (κ1) is 15.1. The highest BCUT2D eigenvalue weighted by Gasteiger charge is 2.45. The van der Waals surface area contributed by atoms with E-state index in [2.05, 4.69) is 15.9 Å². The molecular formula is C15H20BrNO4. The molecule has 0 aliphatic carbocycles. The van der Waals surface area contributed by atoms with Crippen LogP contribution in [-0.4, -0.2) is 46.8 Å². The van der Waals surface area contributed by atoms with Crippen molar-refractivity contribution in [2.24, 2.45) is 0 Å². The Morgan fingerprint density at radius 2 is 2.05 bits per heavy atom. The number of amides is 1. The average Bonchev–Trinajstić information content (AvgIpc) is 2.84. The third-order valence-corrected chi connectivity index (χ3v) is 4.92. The van der Waals surface area contributed by atoms with Gasteiger partial charge in [-0.1, -0.05) is 0 Å². The van der Waals surface area contributed by atoms with E-state index in [9.17, 15) is 9.90 Å². The molecule has 0 radical (unpaired) electrons. The predicted molar refractivity (Wildman–Crippen MR) is 80.1 cm³/mol. The van der Waals surface area contributed by atoms with Crippen LogP contribution < -0.4 is 0 Å². The van der Waals surface area contributed by atoms with Gasteiger partial charge in [0.05, 0.1) is 17.8 Å². The number of halogens is 1. The number of hydrogen-bond donors (Lipinski definition) is 1. The molecule has 1 aromatic rings. The Balaban J connectivity index is 1.64. The van der Waals surface area contributed by atoms with E-state index in [4.69, 9.17) is 9.15 Å². The van der Waals surface area contributed by atoms with Crippen LogP contribution in [0.3, 0.4) is 0 Å². The summed E-state index contributed by atoms with van der Waals surface area (Å²) in [5.74, 6) is 0.271. The summed E-state index contributed by atoms with van der Waals surface area (Å²) in [4.78, 5) is 14.1. The van der Waals surface area contributed by atoms with Gasteiger partial charge < -0.3 is 19.2 Å². The number of furan rings is 1. The number of rotatable bonds is 1. The molecule has 3 rings (SSSR count). The molecule has 5 nitrogen and oxygen atoms in total. The van der Waals surface area contributed by atoms with E-state index < -0.39 is 5.60 Å². The molecule has 1 spiro atoms. The molecule has 2 fully saturated rings. The van der Waals surface area contributed by atoms with Gasteiger partial charge in [-0.25, -0.2) is 0 Å². The Hall–Kier alpha value is -0.850. The van der Waals surface area contributed by atoms with Crippen LogP contribution in [-0.2, 0) is 4.74 Å². The van der Waals surface area contributed by atoms with E-state index in [-0.39, 0.29) is 11.5 Å². The minimum atomic E-state index is -0.656. The van der Waals surface area contributed by atoms with Gasteiger partial charge in [0.15, 0.2) is 10.4 Å². The van der Waals surface area contributed by atoms with Gasteiger partial charge in [-0.05, 0) is 54.2 Å². The second kappa shape index (κ2) is 5.41. The molecule has 1 unspecified atom stereocenters. The fourth-order valence-corrected chi connectivity index (χ4v) is 3.65. The van der Waals surface area contributed by atoms with E-state index in [0.29, 0.717) is 43.0 Å². The minimum Gasteiger partial charge on any atom is -0.444 e. The first-order chi connectivity index (χ1) is 9.89. The number of carbonyl (C=O) groups is 1. The molecule has 2 aliphatic rings. The van der Waals surface area contributed by atoms with Crippen LogP contribution >= 0.6 is 15.9 Å². The number of likely N-dealkylation sites (tertiary alicyclic amines) is 1. The summed E-state index contributed by atoms with van der Waals surface area (Å²) in [5.41, 5.74) is -0.932. The molecule has 2 saturated heterocycles. The van der Waals surface area contributed by atoms with E-state index in [1.165, 1.54) is 0 Å². The summed E-state index contributed by atoms with van der Waals surface area (Å²) in [6.45, 7) is 3.72. The van der Waals surface area contributed by atoms with Crippen molar-refractivity contribution < 1.29 is 19.1 Å². The average molecular weight is 358 g/mol. The summed E-state index contributed by atoms with van der Waals surface area (Å²) in [5, 5.41) is 10.3. The van der Waals surface area contributed by atoms with Gasteiger partial charge in [0.25, 0.3) is 5.91 Å². The molecule has 1 aromatic heterocycles. The van der Waals surface area contributed by atoms with Crippen molar-refractivity contribution >= 4 is 21.8 Å². The molecule has 21 heavy (non-hydrogen) atoms. The third kappa shape index (κ3) is 3.17. The van der Waals surface area contributed by atoms with Crippen molar-refractivity contribution in [2.75, 3.05) is 19.7 Å². The Kier molecular flexibility index (Phi) is 3.88. The zero-order chi connectivity index (χ0) is 15.1. The molecule has 0 bridgehead atoms. The number of carbonyl (C=O) groups excluding carboxylic acids is 1. The first-order valence-electron chi connectivity index (χ1n) is 7.30. The first-order valence-corrected chi connectivity index (χ1v) is 8.10. The van der Waals surface area contributed by atoms with Gasteiger partial charge in [-0.2, -0.15) is 0 Å². The molecule has 1 amide bonds. The SMILES string of the molecule is CC1(O)CCOC2(CCN(C(=O)c3ccc(Br)o3)CC2)C1. The summed E-state index contributed by atoms with van der Waals surface area (Å²) in [7, 11) is 0. The molecular weight excluding hydrogens is 338 g/mol. The van der Waals surface area contributed by atoms with Crippen molar-refractivity contribution in [2.45, 2.75) is 43.8 Å². The van der Waals surface area contributed by atoms with Crippen LogP contribution in [0.15, 0.2) is 21.2 Å². The maximum absolute atomic E-state index is 12.3. The Labute approximate surface area is 132 Å². The Bertz CT molecular complexity index is 532. The molecule has 0 saturated carbocycles. The molecule has 0 aromatic carbocycles. The number of hydrogen-bond acceptors (Lipinski definition) is 4. The van der Waals surface area contributed by atoms with E-state index >= 15 is 0 Å². The lowest BCUT2D eigenvalue weighted by Gasteiger charge is -2.48. The van der Waals surface area contributed by atoms with Gasteiger partial charge in [0, 0.05) is 19.5 Å². The summed E-state index contributed by atoms with van der Waals surface area (Å²) >= 11 is 3.21. The Morgan fingerprint density at radius 3 is 2.62 bits per heavy atom. The highest BCUT2D eigenvalue weighted by atomic mass is 79.9. The van der Waals surface area contributed by atoms with Crippen LogP contribution in [0.5, 0.6) is 0 Å². The highest BCUT2D eigenvalue weighted by molar-refractivity contribution is 9.10. The molecule has 1 atom stereocenters. The van der Waals surface area contributed by atoms with E-state index in [0.717, 1.165) is 12.8 Å². The molecule has 2 aliphatic heterocycles. The number of ether oxygens (including phenoxy) is 1.